The highest BCUT2D eigenvalue weighted by Crippen LogP contribution is 2.65. The van der Waals surface area contributed by atoms with Crippen LogP contribution in [0.15, 0.2) is 24.3 Å². The number of carbonyl (C=O) groups excluding carboxylic acids is 2. The molecule has 3 saturated carbocycles. The lowest BCUT2D eigenvalue weighted by molar-refractivity contribution is -0.525. The predicted molar refractivity (Wildman–Crippen MR) is 178 cm³/mol. The number of benzene rings is 1. The van der Waals surface area contributed by atoms with E-state index >= 15 is 0 Å². The van der Waals surface area contributed by atoms with Gasteiger partial charge >= 0.3 is 13.1 Å². The molecule has 1 aliphatic heterocycles. The van der Waals surface area contributed by atoms with E-state index in [9.17, 15) is 19.7 Å². The highest BCUT2D eigenvalue weighted by molar-refractivity contribution is 6.48. The molecule has 4 fully saturated rings. The second-order valence-corrected chi connectivity index (χ2v) is 14.3. The van der Waals surface area contributed by atoms with Crippen LogP contribution in [0.3, 0.4) is 0 Å². The number of unbranched alkanes of at least 4 members (excludes halogenated alkanes) is 1. The van der Waals surface area contributed by atoms with E-state index < -0.39 is 41.7 Å². The molecule has 6 atom stereocenters. The Bertz CT molecular complexity index is 1250. The summed E-state index contributed by atoms with van der Waals surface area (Å²) in [6.07, 6.45) is 6.42. The first-order valence-electron chi connectivity index (χ1n) is 16.8. The third-order valence-corrected chi connectivity index (χ3v) is 10.2. The number of nitrogens with zero attached hydrogens (tertiary/aromatic N) is 1. The Morgan fingerprint density at radius 1 is 1.13 bits per heavy atom. The Kier molecular flexibility index (Phi) is 11.6. The molecule has 2 bridgehead atoms. The Balaban J connectivity index is 1.42. The number of rotatable bonds is 15. The lowest BCUT2D eigenvalue weighted by Crippen LogP contribution is -2.65. The maximum atomic E-state index is 13.8. The number of anilines is 1. The lowest BCUT2D eigenvalue weighted by Gasteiger charge is -2.64. The van der Waals surface area contributed by atoms with E-state index in [-0.39, 0.29) is 36.3 Å². The number of carbonyl (C=O) groups is 2. The van der Waals surface area contributed by atoms with Gasteiger partial charge in [-0.1, -0.05) is 58.6 Å². The first-order chi connectivity index (χ1) is 21.7. The molecule has 1 saturated heterocycles. The summed E-state index contributed by atoms with van der Waals surface area (Å²) in [7, 11) is -0.604. The van der Waals surface area contributed by atoms with Crippen molar-refractivity contribution in [1.82, 2.24) is 21.4 Å². The van der Waals surface area contributed by atoms with Gasteiger partial charge in [-0.05, 0) is 92.7 Å². The standard InChI is InChI=1S/C32H52BN7O6/c1-7-8-10-21-12-14-23(15-13-21)36-30(42)37-24(11-9-16-35-29(34)39-40(43)44)28(41)38-27(17-20(2)3)33-45-26-19-22-18-25(31(22,4)5)32(26,6)46-33/h12-15,20,22,24-27H,7-11,16-19H2,1-6H3,(H,38,41)(H3,34,35,39)(H2,36,37,42)/t22-,24-,25-,26+,27-,32-/m0/s1. The van der Waals surface area contributed by atoms with E-state index in [1.165, 1.54) is 5.56 Å². The van der Waals surface area contributed by atoms with E-state index in [1.807, 2.05) is 24.3 Å². The van der Waals surface area contributed by atoms with E-state index in [4.69, 9.17) is 14.7 Å². The molecule has 1 aromatic rings. The normalized spacial score (nSPS) is 25.5. The zero-order valence-corrected chi connectivity index (χ0v) is 28.1. The Morgan fingerprint density at radius 2 is 1.85 bits per heavy atom. The van der Waals surface area contributed by atoms with Gasteiger partial charge in [0.2, 0.25) is 5.91 Å². The monoisotopic (exact) mass is 641 g/mol. The van der Waals surface area contributed by atoms with Crippen LogP contribution in [-0.2, 0) is 20.5 Å². The molecule has 6 N–H and O–H groups in total. The number of aryl methyl sites for hydroxylation is 1. The van der Waals surface area contributed by atoms with Gasteiger partial charge < -0.3 is 30.6 Å². The van der Waals surface area contributed by atoms with Crippen LogP contribution < -0.4 is 26.7 Å². The van der Waals surface area contributed by atoms with Crippen molar-refractivity contribution in [2.45, 2.75) is 117 Å². The van der Waals surface area contributed by atoms with Crippen LogP contribution in [0.5, 0.6) is 0 Å². The molecule has 1 heterocycles. The molecule has 46 heavy (non-hydrogen) atoms. The summed E-state index contributed by atoms with van der Waals surface area (Å²) in [6.45, 7) is 13.3. The quantitative estimate of drug-likeness (QED) is 0.0407. The van der Waals surface area contributed by atoms with Crippen molar-refractivity contribution < 1.29 is 23.9 Å². The maximum Gasteiger partial charge on any atom is 0.481 e. The second-order valence-electron chi connectivity index (χ2n) is 14.3. The molecule has 14 heteroatoms. The van der Waals surface area contributed by atoms with Gasteiger partial charge in [0.25, 0.3) is 5.96 Å². The minimum Gasteiger partial charge on any atom is -0.404 e. The number of guanidine groups is 1. The first-order valence-corrected chi connectivity index (χ1v) is 16.8. The third kappa shape index (κ3) is 8.50. The molecule has 0 aromatic heterocycles. The zero-order valence-electron chi connectivity index (χ0n) is 28.1. The SMILES string of the molecule is CCCCc1ccc(NC(=O)N[C@@H](CCCNC(=N)N[N+](=O)[O-])C(=O)N[C@@H](CC(C)C)B2O[C@@H]3C[C@@H]4C[C@@H](C4(C)C)[C@]3(C)O2)cc1. The largest absolute Gasteiger partial charge is 0.481 e. The average Bonchev–Trinajstić information content (AvgIpc) is 3.34. The van der Waals surface area contributed by atoms with Crippen LogP contribution in [0.4, 0.5) is 10.5 Å². The van der Waals surface area contributed by atoms with Gasteiger partial charge in [0.05, 0.1) is 17.6 Å². The summed E-state index contributed by atoms with van der Waals surface area (Å²) in [5, 5.41) is 28.8. The van der Waals surface area contributed by atoms with Gasteiger partial charge in [0.1, 0.15) is 6.04 Å². The maximum absolute atomic E-state index is 13.8. The Morgan fingerprint density at radius 3 is 2.48 bits per heavy atom. The van der Waals surface area contributed by atoms with Crippen molar-refractivity contribution in [3.8, 4) is 0 Å². The van der Waals surface area contributed by atoms with Crippen LogP contribution >= 0.6 is 0 Å². The number of nitro groups is 1. The predicted octanol–water partition coefficient (Wildman–Crippen LogP) is 4.40. The molecule has 0 radical (unpaired) electrons. The van der Waals surface area contributed by atoms with E-state index in [0.29, 0.717) is 30.4 Å². The van der Waals surface area contributed by atoms with Crippen LogP contribution in [0.25, 0.3) is 0 Å². The van der Waals surface area contributed by atoms with Crippen LogP contribution in [0.1, 0.15) is 92.1 Å². The van der Waals surface area contributed by atoms with E-state index in [2.05, 4.69) is 62.8 Å². The first kappa shape index (κ1) is 35.5. The minimum absolute atomic E-state index is 0.0249. The van der Waals surface area contributed by atoms with Crippen LogP contribution in [0, 0.1) is 38.7 Å². The molecule has 3 aliphatic carbocycles. The molecular formula is C32H52BN7O6. The average molecular weight is 642 g/mol. The molecule has 1 aromatic carbocycles. The summed E-state index contributed by atoms with van der Waals surface area (Å²) in [4.78, 5) is 37.5. The molecule has 254 valence electrons. The number of hydrogen-bond acceptors (Lipinski definition) is 7. The molecule has 3 amide bonds. The molecular weight excluding hydrogens is 589 g/mol. The smallest absolute Gasteiger partial charge is 0.404 e. The fourth-order valence-corrected chi connectivity index (χ4v) is 7.48. The zero-order chi connectivity index (χ0) is 33.6. The number of hydrogen-bond donors (Lipinski definition) is 6. The fraction of sp³-hybridized carbons (Fsp3) is 0.719. The fourth-order valence-electron chi connectivity index (χ4n) is 7.48. The van der Waals surface area contributed by atoms with E-state index in [0.717, 1.165) is 32.1 Å². The van der Waals surface area contributed by atoms with Gasteiger partial charge in [0, 0.05) is 12.2 Å². The molecule has 0 unspecified atom stereocenters. The Labute approximate surface area is 272 Å². The van der Waals surface area contributed by atoms with Gasteiger partial charge in [-0.25, -0.2) is 14.9 Å². The van der Waals surface area contributed by atoms with Gasteiger partial charge in [0.15, 0.2) is 5.03 Å². The summed E-state index contributed by atoms with van der Waals surface area (Å²) in [5.74, 6) is -0.00899. The van der Waals surface area contributed by atoms with Crippen LogP contribution in [0.2, 0.25) is 0 Å². The van der Waals surface area contributed by atoms with Crippen molar-refractivity contribution in [2.24, 2.45) is 23.2 Å². The molecule has 5 rings (SSSR count). The van der Waals surface area contributed by atoms with Crippen molar-refractivity contribution >= 4 is 30.7 Å². The topological polar surface area (TPSA) is 180 Å². The van der Waals surface area contributed by atoms with E-state index in [1.54, 1.807) is 5.43 Å². The summed E-state index contributed by atoms with van der Waals surface area (Å²) < 4.78 is 13.2. The Hall–Kier alpha value is -3.39. The van der Waals surface area contributed by atoms with Crippen molar-refractivity contribution in [1.29, 1.82) is 5.41 Å². The minimum atomic E-state index is -0.913. The summed E-state index contributed by atoms with van der Waals surface area (Å²) in [6, 6.07) is 6.22. The highest BCUT2D eigenvalue weighted by atomic mass is 16.7. The van der Waals surface area contributed by atoms with Crippen molar-refractivity contribution in [3.05, 3.63) is 39.9 Å². The number of urea groups is 1. The van der Waals surface area contributed by atoms with Gasteiger partial charge in [-0.3, -0.25) is 10.2 Å². The molecule has 4 aliphatic rings. The molecule has 13 nitrogen and oxygen atoms in total. The second kappa shape index (κ2) is 15.0. The van der Waals surface area contributed by atoms with Crippen LogP contribution in [-0.4, -0.2) is 60.3 Å². The highest BCUT2D eigenvalue weighted by Gasteiger charge is 2.68. The van der Waals surface area contributed by atoms with Gasteiger partial charge in [-0.15, -0.1) is 0 Å². The van der Waals surface area contributed by atoms with Gasteiger partial charge in [-0.2, -0.15) is 0 Å². The number of amides is 3. The summed E-state index contributed by atoms with van der Waals surface area (Å²) >= 11 is 0. The lowest BCUT2D eigenvalue weighted by atomic mass is 9.43. The van der Waals surface area contributed by atoms with Crippen molar-refractivity contribution in [3.63, 3.8) is 0 Å². The molecule has 0 spiro atoms. The number of hydrazine groups is 1. The number of nitrogens with one attached hydrogen (secondary N) is 6. The summed E-state index contributed by atoms with van der Waals surface area (Å²) in [5.41, 5.74) is 3.33. The third-order valence-electron chi connectivity index (χ3n) is 10.2. The van der Waals surface area contributed by atoms with Crippen molar-refractivity contribution in [2.75, 3.05) is 11.9 Å².